The van der Waals surface area contributed by atoms with Gasteiger partial charge in [-0.3, -0.25) is 4.79 Å². The molecule has 0 saturated heterocycles. The molecule has 0 unspecified atom stereocenters. The van der Waals surface area contributed by atoms with Crippen LogP contribution in [0.4, 0.5) is 0 Å². The highest BCUT2D eigenvalue weighted by Gasteiger charge is 2.18. The van der Waals surface area contributed by atoms with E-state index in [1.165, 1.54) is 12.0 Å². The summed E-state index contributed by atoms with van der Waals surface area (Å²) in [6.45, 7) is 0.199. The number of carbonyl (C=O) groups is 1. The standard InChI is InChI=1S/C18H16N2O5/c1-23-13-9-7-12(8-10-13)11-25-20-15-6-4-3-5-14(15)17(21)16(19-20)18(22)24-2/h3-10H,11H2,1-2H3. The molecule has 2 aromatic carbocycles. The molecule has 3 rings (SSSR count). The van der Waals surface area contributed by atoms with Crippen LogP contribution in [0, 0.1) is 0 Å². The van der Waals surface area contributed by atoms with Crippen molar-refractivity contribution in [3.63, 3.8) is 0 Å². The number of hydrogen-bond donors (Lipinski definition) is 0. The Bertz CT molecular complexity index is 963. The molecule has 1 heterocycles. The average Bonchev–Trinajstić information content (AvgIpc) is 2.67. The van der Waals surface area contributed by atoms with E-state index in [-0.39, 0.29) is 12.3 Å². The van der Waals surface area contributed by atoms with Crippen LogP contribution in [0.5, 0.6) is 5.75 Å². The summed E-state index contributed by atoms with van der Waals surface area (Å²) >= 11 is 0. The van der Waals surface area contributed by atoms with Crippen LogP contribution in [-0.2, 0) is 11.3 Å². The molecule has 1 aromatic heterocycles. The number of rotatable bonds is 5. The molecule has 0 bridgehead atoms. The number of para-hydroxylation sites is 1. The minimum atomic E-state index is -0.808. The predicted molar refractivity (Wildman–Crippen MR) is 90.6 cm³/mol. The van der Waals surface area contributed by atoms with Gasteiger partial charge in [0.25, 0.3) is 0 Å². The van der Waals surface area contributed by atoms with Gasteiger partial charge >= 0.3 is 5.97 Å². The van der Waals surface area contributed by atoms with E-state index in [1.807, 2.05) is 24.3 Å². The van der Waals surface area contributed by atoms with Crippen molar-refractivity contribution in [3.05, 3.63) is 70.0 Å². The molecule has 0 spiro atoms. The number of fused-ring (bicyclic) bond motifs is 1. The fourth-order valence-corrected chi connectivity index (χ4v) is 2.34. The quantitative estimate of drug-likeness (QED) is 0.659. The van der Waals surface area contributed by atoms with E-state index in [1.54, 1.807) is 31.4 Å². The van der Waals surface area contributed by atoms with Crippen molar-refractivity contribution >= 4 is 16.9 Å². The maximum atomic E-state index is 12.4. The highest BCUT2D eigenvalue weighted by molar-refractivity contribution is 5.91. The molecule has 0 atom stereocenters. The third-order valence-corrected chi connectivity index (χ3v) is 3.65. The summed E-state index contributed by atoms with van der Waals surface area (Å²) in [4.78, 5) is 31.0. The van der Waals surface area contributed by atoms with Crippen molar-refractivity contribution in [2.75, 3.05) is 14.2 Å². The molecule has 0 saturated carbocycles. The Balaban J connectivity index is 1.98. The molecule has 0 amide bonds. The van der Waals surface area contributed by atoms with Gasteiger partial charge in [-0.15, -0.1) is 5.10 Å². The van der Waals surface area contributed by atoms with E-state index in [2.05, 4.69) is 9.84 Å². The SMILES string of the molecule is COC(=O)c1nn(OCc2ccc(OC)cc2)c2ccccc2c1=O. The van der Waals surface area contributed by atoms with Gasteiger partial charge in [0, 0.05) is 0 Å². The number of nitrogens with zero attached hydrogens (tertiary/aromatic N) is 2. The zero-order chi connectivity index (χ0) is 17.8. The molecule has 0 N–H and O–H groups in total. The lowest BCUT2D eigenvalue weighted by Gasteiger charge is -2.12. The summed E-state index contributed by atoms with van der Waals surface area (Å²) in [7, 11) is 2.79. The minimum absolute atomic E-state index is 0.199. The number of methoxy groups -OCH3 is 2. The molecule has 0 radical (unpaired) electrons. The predicted octanol–water partition coefficient (Wildman–Crippen LogP) is 1.82. The van der Waals surface area contributed by atoms with Gasteiger partial charge in [0.1, 0.15) is 17.9 Å². The summed E-state index contributed by atoms with van der Waals surface area (Å²) < 4.78 is 9.74. The molecule has 0 aliphatic carbocycles. The molecule has 128 valence electrons. The number of esters is 1. The summed E-state index contributed by atoms with van der Waals surface area (Å²) in [5.41, 5.74) is 0.529. The highest BCUT2D eigenvalue weighted by Crippen LogP contribution is 2.13. The molecule has 7 nitrogen and oxygen atoms in total. The Hall–Kier alpha value is -3.35. The first kappa shape index (κ1) is 16.5. The Kier molecular flexibility index (Phi) is 4.65. The van der Waals surface area contributed by atoms with E-state index in [0.29, 0.717) is 10.9 Å². The molecular weight excluding hydrogens is 324 g/mol. The van der Waals surface area contributed by atoms with E-state index in [9.17, 15) is 9.59 Å². The number of aromatic nitrogens is 2. The van der Waals surface area contributed by atoms with Crippen LogP contribution in [0.25, 0.3) is 10.9 Å². The molecule has 25 heavy (non-hydrogen) atoms. The van der Waals surface area contributed by atoms with Crippen molar-refractivity contribution in [3.8, 4) is 5.75 Å². The first-order chi connectivity index (χ1) is 12.1. The monoisotopic (exact) mass is 340 g/mol. The third kappa shape index (κ3) is 3.30. The van der Waals surface area contributed by atoms with Gasteiger partial charge in [-0.25, -0.2) is 4.79 Å². The summed E-state index contributed by atoms with van der Waals surface area (Å²) in [6, 6.07) is 14.1. The molecule has 3 aromatic rings. The van der Waals surface area contributed by atoms with Crippen molar-refractivity contribution in [1.82, 2.24) is 9.94 Å². The van der Waals surface area contributed by atoms with Crippen molar-refractivity contribution in [2.45, 2.75) is 6.61 Å². The van der Waals surface area contributed by atoms with Gasteiger partial charge in [-0.05, 0) is 29.8 Å². The van der Waals surface area contributed by atoms with Crippen molar-refractivity contribution in [1.29, 1.82) is 0 Å². The molecular formula is C18H16N2O5. The Labute approximate surface area is 143 Å². The first-order valence-corrected chi connectivity index (χ1v) is 7.50. The normalized spacial score (nSPS) is 10.5. The molecule has 0 aliphatic heterocycles. The fraction of sp³-hybridized carbons (Fsp3) is 0.167. The second kappa shape index (κ2) is 7.04. The van der Waals surface area contributed by atoms with Gasteiger partial charge in [0.2, 0.25) is 11.1 Å². The average molecular weight is 340 g/mol. The van der Waals surface area contributed by atoms with E-state index >= 15 is 0 Å². The number of benzene rings is 2. The lowest BCUT2D eigenvalue weighted by molar-refractivity contribution is 0.0539. The molecule has 7 heteroatoms. The maximum Gasteiger partial charge on any atom is 0.362 e. The maximum absolute atomic E-state index is 12.4. The van der Waals surface area contributed by atoms with Crippen LogP contribution in [0.1, 0.15) is 16.1 Å². The molecule has 0 aliphatic rings. The van der Waals surface area contributed by atoms with Crippen LogP contribution in [0.15, 0.2) is 53.3 Å². The van der Waals surface area contributed by atoms with Gasteiger partial charge in [0.05, 0.1) is 19.6 Å². The van der Waals surface area contributed by atoms with Gasteiger partial charge in [0.15, 0.2) is 0 Å². The van der Waals surface area contributed by atoms with E-state index in [4.69, 9.17) is 9.57 Å². The number of hydrogen-bond acceptors (Lipinski definition) is 6. The van der Waals surface area contributed by atoms with Gasteiger partial charge in [-0.2, -0.15) is 0 Å². The van der Waals surface area contributed by atoms with Gasteiger partial charge in [-0.1, -0.05) is 29.1 Å². The van der Waals surface area contributed by atoms with Crippen molar-refractivity contribution < 1.29 is 19.1 Å². The number of ether oxygens (including phenoxy) is 2. The minimum Gasteiger partial charge on any atom is -0.497 e. The summed E-state index contributed by atoms with van der Waals surface area (Å²) in [5, 5.41) is 4.33. The number of carbonyl (C=O) groups excluding carboxylic acids is 1. The third-order valence-electron chi connectivity index (χ3n) is 3.65. The van der Waals surface area contributed by atoms with Crippen LogP contribution in [0.3, 0.4) is 0 Å². The lowest BCUT2D eigenvalue weighted by Crippen LogP contribution is -2.27. The first-order valence-electron chi connectivity index (χ1n) is 7.50. The van der Waals surface area contributed by atoms with Crippen LogP contribution >= 0.6 is 0 Å². The summed E-state index contributed by atoms with van der Waals surface area (Å²) in [6.07, 6.45) is 0. The molecule has 0 fully saturated rings. The Morgan fingerprint density at radius 2 is 1.80 bits per heavy atom. The van der Waals surface area contributed by atoms with E-state index in [0.717, 1.165) is 11.3 Å². The second-order valence-electron chi connectivity index (χ2n) is 5.18. The van der Waals surface area contributed by atoms with Crippen molar-refractivity contribution in [2.24, 2.45) is 0 Å². The van der Waals surface area contributed by atoms with E-state index < -0.39 is 11.4 Å². The van der Waals surface area contributed by atoms with Gasteiger partial charge < -0.3 is 14.3 Å². The van der Waals surface area contributed by atoms with Crippen LogP contribution in [-0.4, -0.2) is 30.1 Å². The Morgan fingerprint density at radius 1 is 1.08 bits per heavy atom. The Morgan fingerprint density at radius 3 is 2.48 bits per heavy atom. The lowest BCUT2D eigenvalue weighted by atomic mass is 10.2. The fourth-order valence-electron chi connectivity index (χ4n) is 2.34. The summed E-state index contributed by atoms with van der Waals surface area (Å²) in [5.74, 6) is -0.0683. The largest absolute Gasteiger partial charge is 0.497 e. The highest BCUT2D eigenvalue weighted by atomic mass is 16.7. The topological polar surface area (TPSA) is 79.7 Å². The van der Waals surface area contributed by atoms with Crippen LogP contribution in [0.2, 0.25) is 0 Å². The second-order valence-corrected chi connectivity index (χ2v) is 5.18. The zero-order valence-corrected chi connectivity index (χ0v) is 13.8. The smallest absolute Gasteiger partial charge is 0.362 e. The van der Waals surface area contributed by atoms with Crippen LogP contribution < -0.4 is 15.0 Å². The zero-order valence-electron chi connectivity index (χ0n) is 13.8.